The van der Waals surface area contributed by atoms with Crippen LogP contribution in [0, 0.1) is 5.41 Å². The molecule has 3 amide bonds. The lowest BCUT2D eigenvalue weighted by atomic mass is 9.71. The van der Waals surface area contributed by atoms with Crippen LogP contribution >= 0.6 is 12.4 Å². The standard InChI is InChI=1S/C21H30N4O3.ClH/c22-15-21(8-2-1-3-9-21)12-18(26)24-13-16-4-6-17(7-5-16)20(28)25-11-10-23-19(27)14-25;/h4-7H,1-3,8-15,22H2,(H,23,27)(H,24,26);1H. The Morgan fingerprint density at radius 1 is 1.14 bits per heavy atom. The monoisotopic (exact) mass is 422 g/mol. The van der Waals surface area contributed by atoms with Crippen molar-refractivity contribution in [2.45, 2.75) is 45.1 Å². The van der Waals surface area contributed by atoms with Gasteiger partial charge >= 0.3 is 0 Å². The highest BCUT2D eigenvalue weighted by molar-refractivity contribution is 5.97. The van der Waals surface area contributed by atoms with Crippen LogP contribution < -0.4 is 16.4 Å². The molecular formula is C21H31ClN4O3. The number of carbonyl (C=O) groups is 3. The lowest BCUT2D eigenvalue weighted by Gasteiger charge is -2.35. The summed E-state index contributed by atoms with van der Waals surface area (Å²) >= 11 is 0. The minimum atomic E-state index is -0.146. The highest BCUT2D eigenvalue weighted by Crippen LogP contribution is 2.38. The van der Waals surface area contributed by atoms with Crippen LogP contribution in [0.15, 0.2) is 24.3 Å². The number of nitrogens with zero attached hydrogens (tertiary/aromatic N) is 1. The third-order valence-electron chi connectivity index (χ3n) is 5.90. The Bertz CT molecular complexity index is 717. The van der Waals surface area contributed by atoms with E-state index >= 15 is 0 Å². The second kappa shape index (κ2) is 10.6. The van der Waals surface area contributed by atoms with E-state index in [9.17, 15) is 14.4 Å². The number of piperazine rings is 1. The molecule has 4 N–H and O–H groups in total. The van der Waals surface area contributed by atoms with Crippen LogP contribution in [0.4, 0.5) is 0 Å². The van der Waals surface area contributed by atoms with Gasteiger partial charge in [0.2, 0.25) is 11.8 Å². The van der Waals surface area contributed by atoms with Crippen molar-refractivity contribution in [1.82, 2.24) is 15.5 Å². The van der Waals surface area contributed by atoms with Gasteiger partial charge in [0, 0.05) is 31.6 Å². The zero-order valence-electron chi connectivity index (χ0n) is 16.7. The van der Waals surface area contributed by atoms with Crippen LogP contribution in [0.5, 0.6) is 0 Å². The molecule has 0 radical (unpaired) electrons. The summed E-state index contributed by atoms with van der Waals surface area (Å²) in [6.45, 7) is 2.09. The summed E-state index contributed by atoms with van der Waals surface area (Å²) in [6, 6.07) is 7.19. The first-order chi connectivity index (χ1) is 13.5. The molecule has 1 saturated heterocycles. The van der Waals surface area contributed by atoms with Crippen molar-refractivity contribution >= 4 is 30.1 Å². The first-order valence-electron chi connectivity index (χ1n) is 10.1. The Balaban J connectivity index is 0.00000300. The van der Waals surface area contributed by atoms with E-state index in [1.165, 1.54) is 6.42 Å². The summed E-state index contributed by atoms with van der Waals surface area (Å²) in [5.74, 6) is -0.244. The third kappa shape index (κ3) is 6.18. The molecule has 2 aliphatic rings. The predicted octanol–water partition coefficient (Wildman–Crippen LogP) is 1.60. The van der Waals surface area contributed by atoms with Gasteiger partial charge in [0.25, 0.3) is 5.91 Å². The summed E-state index contributed by atoms with van der Waals surface area (Å²) < 4.78 is 0. The topological polar surface area (TPSA) is 105 Å². The zero-order valence-corrected chi connectivity index (χ0v) is 17.6. The fraction of sp³-hybridized carbons (Fsp3) is 0.571. The van der Waals surface area contributed by atoms with Gasteiger partial charge < -0.3 is 21.3 Å². The van der Waals surface area contributed by atoms with Gasteiger partial charge in [-0.2, -0.15) is 0 Å². The molecule has 1 aliphatic carbocycles. The molecule has 160 valence electrons. The first kappa shape index (κ1) is 23.2. The van der Waals surface area contributed by atoms with Crippen molar-refractivity contribution < 1.29 is 14.4 Å². The Hall–Kier alpha value is -2.12. The Morgan fingerprint density at radius 3 is 2.45 bits per heavy atom. The molecule has 0 atom stereocenters. The molecule has 1 aromatic rings. The maximum atomic E-state index is 12.5. The quantitative estimate of drug-likeness (QED) is 0.647. The Kier molecular flexibility index (Phi) is 8.46. The third-order valence-corrected chi connectivity index (χ3v) is 5.90. The van der Waals surface area contributed by atoms with Crippen molar-refractivity contribution in [1.29, 1.82) is 0 Å². The van der Waals surface area contributed by atoms with Crippen LogP contribution in [0.2, 0.25) is 0 Å². The predicted molar refractivity (Wildman–Crippen MR) is 114 cm³/mol. The van der Waals surface area contributed by atoms with E-state index in [2.05, 4.69) is 10.6 Å². The van der Waals surface area contributed by atoms with Crippen LogP contribution in [0.3, 0.4) is 0 Å². The molecule has 7 nitrogen and oxygen atoms in total. The largest absolute Gasteiger partial charge is 0.353 e. The molecule has 1 aromatic carbocycles. The Morgan fingerprint density at radius 2 is 1.83 bits per heavy atom. The van der Waals surface area contributed by atoms with Gasteiger partial charge in [-0.3, -0.25) is 14.4 Å². The number of halogens is 1. The number of nitrogens with two attached hydrogens (primary N) is 1. The molecule has 0 spiro atoms. The van der Waals surface area contributed by atoms with Crippen LogP contribution in [0.1, 0.15) is 54.4 Å². The van der Waals surface area contributed by atoms with Crippen molar-refractivity contribution in [3.05, 3.63) is 35.4 Å². The lowest BCUT2D eigenvalue weighted by Crippen LogP contribution is -2.49. The molecule has 2 fully saturated rings. The summed E-state index contributed by atoms with van der Waals surface area (Å²) in [6.07, 6.45) is 6.08. The number of carbonyl (C=O) groups excluding carboxylic acids is 3. The molecule has 3 rings (SSSR count). The van der Waals surface area contributed by atoms with Crippen LogP contribution in [-0.2, 0) is 16.1 Å². The molecule has 0 unspecified atom stereocenters. The fourth-order valence-corrected chi connectivity index (χ4v) is 4.12. The van der Waals surface area contributed by atoms with Crippen molar-refractivity contribution in [2.75, 3.05) is 26.2 Å². The summed E-state index contributed by atoms with van der Waals surface area (Å²) in [4.78, 5) is 37.9. The summed E-state index contributed by atoms with van der Waals surface area (Å²) in [7, 11) is 0. The highest BCUT2D eigenvalue weighted by Gasteiger charge is 2.32. The molecule has 29 heavy (non-hydrogen) atoms. The molecule has 0 bridgehead atoms. The van der Waals surface area contributed by atoms with Crippen LogP contribution in [0.25, 0.3) is 0 Å². The number of hydrogen-bond acceptors (Lipinski definition) is 4. The minimum Gasteiger partial charge on any atom is -0.353 e. The number of nitrogens with one attached hydrogen (secondary N) is 2. The first-order valence-corrected chi connectivity index (χ1v) is 10.1. The van der Waals surface area contributed by atoms with Gasteiger partial charge in [-0.25, -0.2) is 0 Å². The number of rotatable bonds is 6. The van der Waals surface area contributed by atoms with Gasteiger partial charge in [0.15, 0.2) is 0 Å². The smallest absolute Gasteiger partial charge is 0.254 e. The fourth-order valence-electron chi connectivity index (χ4n) is 4.12. The van der Waals surface area contributed by atoms with Gasteiger partial charge in [0.1, 0.15) is 0 Å². The minimum absolute atomic E-state index is 0. The molecule has 1 saturated carbocycles. The summed E-state index contributed by atoms with van der Waals surface area (Å²) in [5.41, 5.74) is 7.41. The average Bonchev–Trinajstić information content (AvgIpc) is 2.73. The maximum absolute atomic E-state index is 12.5. The van der Waals surface area contributed by atoms with Gasteiger partial charge in [-0.05, 0) is 42.5 Å². The van der Waals surface area contributed by atoms with E-state index in [1.807, 2.05) is 12.1 Å². The van der Waals surface area contributed by atoms with Crippen molar-refractivity contribution in [2.24, 2.45) is 11.1 Å². The normalized spacial score (nSPS) is 18.4. The number of amides is 3. The summed E-state index contributed by atoms with van der Waals surface area (Å²) in [5, 5.41) is 5.69. The molecule has 1 aliphatic heterocycles. The van der Waals surface area contributed by atoms with Gasteiger partial charge in [0.05, 0.1) is 6.54 Å². The van der Waals surface area contributed by atoms with Crippen molar-refractivity contribution in [3.63, 3.8) is 0 Å². The van der Waals surface area contributed by atoms with Gasteiger partial charge in [-0.1, -0.05) is 31.4 Å². The zero-order chi connectivity index (χ0) is 20.0. The molecule has 0 aromatic heterocycles. The Labute approximate surface area is 178 Å². The average molecular weight is 423 g/mol. The van der Waals surface area contributed by atoms with E-state index in [-0.39, 0.29) is 42.1 Å². The highest BCUT2D eigenvalue weighted by atomic mass is 35.5. The number of benzene rings is 1. The maximum Gasteiger partial charge on any atom is 0.254 e. The van der Waals surface area contributed by atoms with Crippen molar-refractivity contribution in [3.8, 4) is 0 Å². The van der Waals surface area contributed by atoms with E-state index in [0.717, 1.165) is 31.2 Å². The van der Waals surface area contributed by atoms with E-state index in [4.69, 9.17) is 5.73 Å². The molecular weight excluding hydrogens is 392 g/mol. The van der Waals surface area contributed by atoms with Gasteiger partial charge in [-0.15, -0.1) is 12.4 Å². The van der Waals surface area contributed by atoms with E-state index in [1.54, 1.807) is 17.0 Å². The second-order valence-electron chi connectivity index (χ2n) is 7.99. The molecule has 1 heterocycles. The number of hydrogen-bond donors (Lipinski definition) is 3. The molecule has 8 heteroatoms. The SMILES string of the molecule is Cl.NCC1(CC(=O)NCc2ccc(C(=O)N3CCNC(=O)C3)cc2)CCCCC1. The van der Waals surface area contributed by atoms with Crippen LogP contribution in [-0.4, -0.2) is 48.8 Å². The lowest BCUT2D eigenvalue weighted by molar-refractivity contribution is -0.124. The van der Waals surface area contributed by atoms with E-state index < -0.39 is 0 Å². The second-order valence-corrected chi connectivity index (χ2v) is 7.99. The van der Waals surface area contributed by atoms with E-state index in [0.29, 0.717) is 38.2 Å².